The van der Waals surface area contributed by atoms with Crippen molar-refractivity contribution < 1.29 is 4.92 Å². The zero-order valence-corrected chi connectivity index (χ0v) is 14.1. The van der Waals surface area contributed by atoms with Gasteiger partial charge in [0.25, 0.3) is 0 Å². The summed E-state index contributed by atoms with van der Waals surface area (Å²) < 4.78 is 3.19. The second kappa shape index (κ2) is 6.21. The van der Waals surface area contributed by atoms with Crippen LogP contribution in [0.3, 0.4) is 0 Å². The molecule has 0 fully saturated rings. The van der Waals surface area contributed by atoms with E-state index in [0.29, 0.717) is 11.5 Å². The predicted molar refractivity (Wildman–Crippen MR) is 93.1 cm³/mol. The number of aromatic nitrogens is 5. The number of anilines is 1. The molecule has 4 rings (SSSR count). The van der Waals surface area contributed by atoms with Gasteiger partial charge in [-0.25, -0.2) is 4.98 Å². The monoisotopic (exact) mass is 355 g/mol. The molecule has 10 nitrogen and oxygen atoms in total. The lowest BCUT2D eigenvalue weighted by atomic mass is 10.1. The molecule has 0 radical (unpaired) electrons. The van der Waals surface area contributed by atoms with E-state index >= 15 is 0 Å². The van der Waals surface area contributed by atoms with E-state index in [2.05, 4.69) is 20.5 Å². The van der Waals surface area contributed by atoms with Crippen molar-refractivity contribution in [3.63, 3.8) is 0 Å². The summed E-state index contributed by atoms with van der Waals surface area (Å²) in [6, 6.07) is 4.58. The van der Waals surface area contributed by atoms with Gasteiger partial charge in [0, 0.05) is 19.2 Å². The van der Waals surface area contributed by atoms with E-state index < -0.39 is 16.2 Å². The van der Waals surface area contributed by atoms with E-state index in [-0.39, 0.29) is 11.9 Å². The zero-order chi connectivity index (χ0) is 18.3. The van der Waals surface area contributed by atoms with Gasteiger partial charge in [-0.2, -0.15) is 0 Å². The summed E-state index contributed by atoms with van der Waals surface area (Å²) in [5, 5.41) is 22.9. The van der Waals surface area contributed by atoms with Gasteiger partial charge in [0.15, 0.2) is 5.82 Å². The van der Waals surface area contributed by atoms with Crippen molar-refractivity contribution in [3.8, 4) is 0 Å². The third-order valence-electron chi connectivity index (χ3n) is 4.52. The standard InChI is InChI=1S/C16H17N7O3/c1-10(15-20-19-12-7-3-4-8-21(12)15)17-14-13(23(25)26)16(24)22-9-5-2-6-11(22)18-14/h2,5-6,9-10,17H,3-4,7-8H2,1H3. The molecule has 4 heterocycles. The largest absolute Gasteiger partial charge is 0.376 e. The first-order valence-electron chi connectivity index (χ1n) is 8.40. The van der Waals surface area contributed by atoms with Crippen molar-refractivity contribution in [3.05, 3.63) is 56.5 Å². The van der Waals surface area contributed by atoms with Crippen molar-refractivity contribution in [1.82, 2.24) is 24.1 Å². The highest BCUT2D eigenvalue weighted by Crippen LogP contribution is 2.25. The Morgan fingerprint density at radius 1 is 1.31 bits per heavy atom. The van der Waals surface area contributed by atoms with Gasteiger partial charge in [-0.05, 0) is 31.9 Å². The predicted octanol–water partition coefficient (Wildman–Crippen LogP) is 1.70. The second-order valence-electron chi connectivity index (χ2n) is 6.25. The summed E-state index contributed by atoms with van der Waals surface area (Å²) >= 11 is 0. The quantitative estimate of drug-likeness (QED) is 0.558. The van der Waals surface area contributed by atoms with Crippen LogP contribution >= 0.6 is 0 Å². The van der Waals surface area contributed by atoms with Crippen LogP contribution in [0.2, 0.25) is 0 Å². The molecule has 0 amide bonds. The number of aryl methyl sites for hydroxylation is 1. The topological polar surface area (TPSA) is 120 Å². The Kier molecular flexibility index (Phi) is 3.86. The van der Waals surface area contributed by atoms with Gasteiger partial charge in [-0.3, -0.25) is 19.3 Å². The van der Waals surface area contributed by atoms with E-state index in [1.54, 1.807) is 18.2 Å². The molecule has 1 aliphatic rings. The Morgan fingerprint density at radius 2 is 2.15 bits per heavy atom. The van der Waals surface area contributed by atoms with Crippen LogP contribution < -0.4 is 10.9 Å². The molecule has 1 aliphatic heterocycles. The van der Waals surface area contributed by atoms with E-state index in [1.807, 2.05) is 11.5 Å². The van der Waals surface area contributed by atoms with Crippen LogP contribution in [0.5, 0.6) is 0 Å². The molecule has 0 aliphatic carbocycles. The highest BCUT2D eigenvalue weighted by Gasteiger charge is 2.27. The Bertz CT molecular complexity index is 1060. The first kappa shape index (κ1) is 16.2. The van der Waals surface area contributed by atoms with Gasteiger partial charge < -0.3 is 9.88 Å². The van der Waals surface area contributed by atoms with Crippen molar-refractivity contribution in [2.24, 2.45) is 0 Å². The zero-order valence-electron chi connectivity index (χ0n) is 14.1. The highest BCUT2D eigenvalue weighted by atomic mass is 16.6. The van der Waals surface area contributed by atoms with Crippen LogP contribution in [-0.2, 0) is 13.0 Å². The molecule has 0 aromatic carbocycles. The third kappa shape index (κ3) is 2.59. The van der Waals surface area contributed by atoms with Crippen molar-refractivity contribution in [2.75, 3.05) is 5.32 Å². The SMILES string of the molecule is CC(Nc1nc2ccccn2c(=O)c1[N+](=O)[O-])c1nnc2n1CCCC2. The molecular formula is C16H17N7O3. The number of nitrogens with one attached hydrogen (secondary N) is 1. The summed E-state index contributed by atoms with van der Waals surface area (Å²) in [4.78, 5) is 27.5. The number of pyridine rings is 1. The second-order valence-corrected chi connectivity index (χ2v) is 6.25. The van der Waals surface area contributed by atoms with Gasteiger partial charge in [-0.1, -0.05) is 6.07 Å². The van der Waals surface area contributed by atoms with Crippen LogP contribution in [0, 0.1) is 10.1 Å². The number of hydrogen-bond donors (Lipinski definition) is 1. The summed E-state index contributed by atoms with van der Waals surface area (Å²) in [5.41, 5.74) is -0.974. The minimum atomic E-state index is -0.724. The lowest BCUT2D eigenvalue weighted by Crippen LogP contribution is -2.23. The average Bonchev–Trinajstić information content (AvgIpc) is 3.06. The number of nitrogens with zero attached hydrogens (tertiary/aromatic N) is 6. The lowest BCUT2D eigenvalue weighted by Gasteiger charge is -2.19. The Balaban J connectivity index is 1.77. The summed E-state index contributed by atoms with van der Waals surface area (Å²) in [6.07, 6.45) is 4.45. The summed E-state index contributed by atoms with van der Waals surface area (Å²) in [6.45, 7) is 2.64. The molecule has 134 valence electrons. The van der Waals surface area contributed by atoms with Crippen LogP contribution in [-0.4, -0.2) is 29.1 Å². The van der Waals surface area contributed by atoms with E-state index in [0.717, 1.165) is 36.0 Å². The van der Waals surface area contributed by atoms with Crippen LogP contribution in [0.25, 0.3) is 5.65 Å². The smallest absolute Gasteiger partial charge is 0.354 e. The minimum absolute atomic E-state index is 0.0631. The Labute approximate surface area is 147 Å². The van der Waals surface area contributed by atoms with Crippen LogP contribution in [0.1, 0.15) is 37.5 Å². The summed E-state index contributed by atoms with van der Waals surface area (Å²) in [7, 11) is 0. The van der Waals surface area contributed by atoms with Gasteiger partial charge in [0.05, 0.1) is 11.0 Å². The number of fused-ring (bicyclic) bond motifs is 2. The minimum Gasteiger partial charge on any atom is -0.354 e. The average molecular weight is 355 g/mol. The maximum absolute atomic E-state index is 12.5. The van der Waals surface area contributed by atoms with Crippen molar-refractivity contribution in [2.45, 2.75) is 38.8 Å². The van der Waals surface area contributed by atoms with Crippen molar-refractivity contribution in [1.29, 1.82) is 0 Å². The normalized spacial score (nSPS) is 14.8. The fourth-order valence-corrected chi connectivity index (χ4v) is 3.27. The van der Waals surface area contributed by atoms with Gasteiger partial charge in [0.1, 0.15) is 11.5 Å². The molecule has 0 bridgehead atoms. The number of hydrogen-bond acceptors (Lipinski definition) is 7. The highest BCUT2D eigenvalue weighted by molar-refractivity contribution is 5.60. The molecule has 3 aromatic heterocycles. The molecule has 3 aromatic rings. The van der Waals surface area contributed by atoms with Crippen LogP contribution in [0.15, 0.2) is 29.2 Å². The molecule has 26 heavy (non-hydrogen) atoms. The van der Waals surface area contributed by atoms with Crippen molar-refractivity contribution >= 4 is 17.2 Å². The molecule has 1 unspecified atom stereocenters. The molecule has 1 N–H and O–H groups in total. The number of rotatable bonds is 4. The van der Waals surface area contributed by atoms with E-state index in [4.69, 9.17) is 0 Å². The van der Waals surface area contributed by atoms with Gasteiger partial charge in [0.2, 0.25) is 5.82 Å². The lowest BCUT2D eigenvalue weighted by molar-refractivity contribution is -0.385. The van der Waals surface area contributed by atoms with E-state index in [1.165, 1.54) is 6.20 Å². The van der Waals surface area contributed by atoms with Gasteiger partial charge >= 0.3 is 11.2 Å². The number of nitro groups is 1. The summed E-state index contributed by atoms with van der Waals surface area (Å²) in [5.74, 6) is 1.54. The van der Waals surface area contributed by atoms with E-state index in [9.17, 15) is 14.9 Å². The molecule has 0 spiro atoms. The molecule has 0 saturated carbocycles. The third-order valence-corrected chi connectivity index (χ3v) is 4.52. The van der Waals surface area contributed by atoms with Gasteiger partial charge in [-0.15, -0.1) is 10.2 Å². The molecule has 1 atom stereocenters. The molecular weight excluding hydrogens is 338 g/mol. The first-order valence-corrected chi connectivity index (χ1v) is 8.40. The Morgan fingerprint density at radius 3 is 2.96 bits per heavy atom. The molecule has 10 heteroatoms. The maximum atomic E-state index is 12.5. The fraction of sp³-hybridized carbons (Fsp3) is 0.375. The maximum Gasteiger partial charge on any atom is 0.376 e. The Hall–Kier alpha value is -3.30. The van der Waals surface area contributed by atoms with Crippen LogP contribution in [0.4, 0.5) is 11.5 Å². The molecule has 0 saturated heterocycles. The fourth-order valence-electron chi connectivity index (χ4n) is 3.27. The first-order chi connectivity index (χ1) is 12.6.